The Labute approximate surface area is 363 Å². The zero-order valence-corrected chi connectivity index (χ0v) is 34.2. The summed E-state index contributed by atoms with van der Waals surface area (Å²) in [4.78, 5) is 19.4. The van der Waals surface area contributed by atoms with Crippen LogP contribution in [0.2, 0.25) is 10.0 Å². The summed E-state index contributed by atoms with van der Waals surface area (Å²) in [5.74, 6) is 6.82. The van der Waals surface area contributed by atoms with Crippen molar-refractivity contribution >= 4 is 98.8 Å². The number of aromatic amines is 2. The minimum Gasteiger partial charge on any atom is -0.355 e. The van der Waals surface area contributed by atoms with Crippen molar-refractivity contribution in [2.24, 2.45) is 0 Å². The summed E-state index contributed by atoms with van der Waals surface area (Å²) in [7, 11) is 0. The number of H-pyrrole nitrogens is 2. The van der Waals surface area contributed by atoms with Crippen LogP contribution in [0.1, 0.15) is 45.0 Å². The van der Waals surface area contributed by atoms with Crippen LogP contribution in [0.3, 0.4) is 0 Å². The van der Waals surface area contributed by atoms with E-state index in [-0.39, 0.29) is 0 Å². The molecule has 61 heavy (non-hydrogen) atoms. The SMILES string of the molecule is Clc1cccc(Cl)c1-c1c2ccc(cc3nc(c(C#Cc4ccc(/C=C/c5ccc(N(c6ccccc6)c6ccccc6)cc5)cc4)c4nc(cc5ccc1[nH]5)C=C4)C=C3)[nH]2. The molecule has 5 aromatic carbocycles. The Morgan fingerprint density at radius 3 is 1.48 bits per heavy atom. The summed E-state index contributed by atoms with van der Waals surface area (Å²) in [5, 5.41) is 1.12. The van der Waals surface area contributed by atoms with Crippen molar-refractivity contribution in [3.8, 4) is 23.0 Å². The number of fused-ring (bicyclic) bond motifs is 8. The molecule has 5 nitrogen and oxygen atoms in total. The Hall–Kier alpha value is -7.62. The maximum atomic E-state index is 6.76. The maximum Gasteiger partial charge on any atom is 0.0816 e. The maximum absolute atomic E-state index is 6.76. The van der Waals surface area contributed by atoms with Gasteiger partial charge < -0.3 is 14.9 Å². The highest BCUT2D eigenvalue weighted by Gasteiger charge is 2.15. The molecule has 2 aliphatic rings. The Bertz CT molecular complexity index is 3100. The van der Waals surface area contributed by atoms with Crippen molar-refractivity contribution in [1.82, 2.24) is 19.9 Å². The van der Waals surface area contributed by atoms with E-state index in [0.29, 0.717) is 10.0 Å². The van der Waals surface area contributed by atoms with Gasteiger partial charge in [0.05, 0.1) is 38.4 Å². The lowest BCUT2D eigenvalue weighted by molar-refractivity contribution is 1.26. The molecule has 7 heteroatoms. The molecule has 0 amide bonds. The van der Waals surface area contributed by atoms with E-state index < -0.39 is 0 Å². The number of aromatic nitrogens is 4. The molecule has 0 spiro atoms. The molecule has 0 saturated carbocycles. The van der Waals surface area contributed by atoms with Gasteiger partial charge in [0, 0.05) is 55.8 Å². The molecule has 0 unspecified atom stereocenters. The highest BCUT2D eigenvalue weighted by molar-refractivity contribution is 6.40. The lowest BCUT2D eigenvalue weighted by Crippen LogP contribution is -2.09. The monoisotopic (exact) mass is 823 g/mol. The number of benzene rings is 5. The second kappa shape index (κ2) is 16.6. The Morgan fingerprint density at radius 2 is 0.951 bits per heavy atom. The molecule has 0 fully saturated rings. The number of hydrogen-bond acceptors (Lipinski definition) is 3. The van der Waals surface area contributed by atoms with Crippen molar-refractivity contribution in [2.45, 2.75) is 0 Å². The fourth-order valence-corrected chi connectivity index (χ4v) is 8.14. The molecule has 8 bridgehead atoms. The van der Waals surface area contributed by atoms with Crippen LogP contribution in [-0.4, -0.2) is 19.9 Å². The molecule has 5 heterocycles. The first-order valence-electron chi connectivity index (χ1n) is 19.9. The van der Waals surface area contributed by atoms with Crippen LogP contribution in [0, 0.1) is 11.8 Å². The molecule has 8 aromatic rings. The fraction of sp³-hybridized carbons (Fsp3) is 0. The highest BCUT2D eigenvalue weighted by Crippen LogP contribution is 2.39. The summed E-state index contributed by atoms with van der Waals surface area (Å²) < 4.78 is 0. The number of nitrogens with zero attached hydrogens (tertiary/aromatic N) is 3. The molecule has 0 radical (unpaired) electrons. The van der Waals surface area contributed by atoms with Gasteiger partial charge in [-0.1, -0.05) is 114 Å². The molecule has 2 aliphatic heterocycles. The van der Waals surface area contributed by atoms with Crippen molar-refractivity contribution in [1.29, 1.82) is 0 Å². The number of halogens is 2. The van der Waals surface area contributed by atoms with Crippen molar-refractivity contribution in [3.05, 3.63) is 219 Å². The van der Waals surface area contributed by atoms with Gasteiger partial charge in [0.15, 0.2) is 0 Å². The van der Waals surface area contributed by atoms with E-state index in [1.165, 1.54) is 0 Å². The van der Waals surface area contributed by atoms with Gasteiger partial charge in [-0.05, 0) is 132 Å². The van der Waals surface area contributed by atoms with E-state index in [2.05, 4.69) is 124 Å². The van der Waals surface area contributed by atoms with Crippen LogP contribution >= 0.6 is 23.2 Å². The second-order valence-corrected chi connectivity index (χ2v) is 15.4. The number of nitrogens with one attached hydrogen (secondary N) is 2. The van der Waals surface area contributed by atoms with Gasteiger partial charge in [0.1, 0.15) is 0 Å². The summed E-state index contributed by atoms with van der Waals surface area (Å²) in [6.45, 7) is 0. The quantitative estimate of drug-likeness (QED) is 0.130. The summed E-state index contributed by atoms with van der Waals surface area (Å²) in [6, 6.07) is 55.4. The first-order valence-corrected chi connectivity index (χ1v) is 20.6. The Balaban J connectivity index is 0.954. The van der Waals surface area contributed by atoms with Crippen molar-refractivity contribution in [3.63, 3.8) is 0 Å². The first-order chi connectivity index (χ1) is 30.0. The zero-order chi connectivity index (χ0) is 41.1. The minimum absolute atomic E-state index is 0.562. The van der Waals surface area contributed by atoms with Gasteiger partial charge >= 0.3 is 0 Å². The molecule has 10 rings (SSSR count). The predicted molar refractivity (Wildman–Crippen MR) is 257 cm³/mol. The van der Waals surface area contributed by atoms with E-state index in [9.17, 15) is 0 Å². The standard InChI is InChI=1S/C54H35Cl2N5/c55-47-12-7-13-48(56)53(47)54-51-32-25-41(59-51)34-39-23-30-49(57-39)46(50-31-24-40(58-50)35-42-26-33-52(54)60-42)29-22-37-17-14-36(15-18-37)16-19-38-20-27-45(28-21-38)61(43-8-3-1-4-9-43)44-10-5-2-6-11-44/h1-21,23-28,30-35,59-60H/b19-16+,39-34?,40-35?,41-34?,42-35?,49-46?,50-46?,54-51?,54-52?. The second-order valence-electron chi connectivity index (χ2n) is 14.6. The normalized spacial score (nSPS) is 11.8. The van der Waals surface area contributed by atoms with E-state index >= 15 is 0 Å². The molecular weight excluding hydrogens is 790 g/mol. The Kier molecular flexibility index (Phi) is 10.2. The number of anilines is 3. The molecule has 3 aromatic heterocycles. The molecule has 0 saturated heterocycles. The third-order valence-corrected chi connectivity index (χ3v) is 11.1. The van der Waals surface area contributed by atoms with Gasteiger partial charge in [-0.3, -0.25) is 0 Å². The van der Waals surface area contributed by atoms with Crippen LogP contribution < -0.4 is 4.90 Å². The fourth-order valence-electron chi connectivity index (χ4n) is 7.55. The van der Waals surface area contributed by atoms with Crippen LogP contribution in [0.15, 0.2) is 164 Å². The number of rotatable bonds is 6. The van der Waals surface area contributed by atoms with Crippen molar-refractivity contribution in [2.75, 3.05) is 4.90 Å². The summed E-state index contributed by atoms with van der Waals surface area (Å²) >= 11 is 13.5. The molecule has 2 N–H and O–H groups in total. The highest BCUT2D eigenvalue weighted by atomic mass is 35.5. The predicted octanol–water partition coefficient (Wildman–Crippen LogP) is 14.7. The largest absolute Gasteiger partial charge is 0.355 e. The smallest absolute Gasteiger partial charge is 0.0816 e. The molecule has 0 atom stereocenters. The number of para-hydroxylation sites is 2. The van der Waals surface area contributed by atoms with E-state index in [1.807, 2.05) is 103 Å². The third kappa shape index (κ3) is 8.07. The Morgan fingerprint density at radius 1 is 0.459 bits per heavy atom. The topological polar surface area (TPSA) is 60.6 Å². The lowest BCUT2D eigenvalue weighted by atomic mass is 10.1. The summed E-state index contributed by atoms with van der Waals surface area (Å²) in [5.41, 5.74) is 15.4. The van der Waals surface area contributed by atoms with Gasteiger partial charge in [0.2, 0.25) is 0 Å². The van der Waals surface area contributed by atoms with E-state index in [0.717, 1.165) is 95.3 Å². The lowest BCUT2D eigenvalue weighted by Gasteiger charge is -2.25. The van der Waals surface area contributed by atoms with Crippen LogP contribution in [0.5, 0.6) is 0 Å². The van der Waals surface area contributed by atoms with Gasteiger partial charge in [-0.15, -0.1) is 0 Å². The number of hydrogen-bond donors (Lipinski definition) is 2. The molecule has 0 aliphatic carbocycles. The van der Waals surface area contributed by atoms with Crippen molar-refractivity contribution < 1.29 is 0 Å². The van der Waals surface area contributed by atoms with E-state index in [4.69, 9.17) is 33.2 Å². The molecule has 290 valence electrons. The minimum atomic E-state index is 0.562. The van der Waals surface area contributed by atoms with Gasteiger partial charge in [-0.25, -0.2) is 9.97 Å². The third-order valence-electron chi connectivity index (χ3n) is 10.5. The first kappa shape index (κ1) is 37.6. The van der Waals surface area contributed by atoms with Crippen LogP contribution in [-0.2, 0) is 0 Å². The average Bonchev–Trinajstić information content (AvgIpc) is 4.14. The van der Waals surface area contributed by atoms with E-state index in [1.54, 1.807) is 0 Å². The average molecular weight is 825 g/mol. The van der Waals surface area contributed by atoms with Gasteiger partial charge in [-0.2, -0.15) is 0 Å². The summed E-state index contributed by atoms with van der Waals surface area (Å²) in [6.07, 6.45) is 12.2. The van der Waals surface area contributed by atoms with Gasteiger partial charge in [0.25, 0.3) is 0 Å². The zero-order valence-electron chi connectivity index (χ0n) is 32.7. The molecular formula is C54H35Cl2N5. The van der Waals surface area contributed by atoms with Crippen LogP contribution in [0.4, 0.5) is 17.1 Å². The van der Waals surface area contributed by atoms with Crippen LogP contribution in [0.25, 0.3) is 69.6 Å².